The van der Waals surface area contributed by atoms with E-state index in [1.54, 1.807) is 0 Å². The van der Waals surface area contributed by atoms with Crippen molar-refractivity contribution in [2.24, 2.45) is 5.41 Å². The van der Waals surface area contributed by atoms with Gasteiger partial charge in [-0.1, -0.05) is 59.1 Å². The molecule has 2 rings (SSSR count). The summed E-state index contributed by atoms with van der Waals surface area (Å²) in [6.07, 6.45) is 6.72. The monoisotopic (exact) mass is 296 g/mol. The summed E-state index contributed by atoms with van der Waals surface area (Å²) < 4.78 is 5.79. The number of hydrogen-bond acceptors (Lipinski definition) is 1. The molecule has 0 spiro atoms. The topological polar surface area (TPSA) is 9.23 Å². The van der Waals surface area contributed by atoms with Crippen molar-refractivity contribution in [2.45, 2.75) is 38.7 Å². The van der Waals surface area contributed by atoms with Gasteiger partial charge in [-0.3, -0.25) is 0 Å². The zero-order chi connectivity index (χ0) is 12.0. The van der Waals surface area contributed by atoms with Gasteiger partial charge in [0.1, 0.15) is 0 Å². The van der Waals surface area contributed by atoms with Gasteiger partial charge in [-0.15, -0.1) is 0 Å². The Morgan fingerprint density at radius 2 is 1.82 bits per heavy atom. The van der Waals surface area contributed by atoms with Crippen molar-refractivity contribution in [3.05, 3.63) is 35.9 Å². The van der Waals surface area contributed by atoms with Crippen LogP contribution in [0.1, 0.15) is 37.7 Å². The van der Waals surface area contributed by atoms with Crippen molar-refractivity contribution in [2.75, 3.05) is 11.9 Å². The summed E-state index contributed by atoms with van der Waals surface area (Å²) in [5.74, 6) is 0. The van der Waals surface area contributed by atoms with Gasteiger partial charge in [0.15, 0.2) is 0 Å². The lowest BCUT2D eigenvalue weighted by Gasteiger charge is -2.26. The van der Waals surface area contributed by atoms with Gasteiger partial charge in [0.25, 0.3) is 0 Å². The van der Waals surface area contributed by atoms with Gasteiger partial charge in [-0.2, -0.15) is 0 Å². The fraction of sp³-hybridized carbons (Fsp3) is 0.600. The van der Waals surface area contributed by atoms with Crippen molar-refractivity contribution < 1.29 is 4.74 Å². The van der Waals surface area contributed by atoms with Crippen LogP contribution in [-0.4, -0.2) is 11.9 Å². The number of ether oxygens (including phenoxy) is 1. The maximum atomic E-state index is 5.79. The van der Waals surface area contributed by atoms with Crippen LogP contribution in [0.25, 0.3) is 0 Å². The third kappa shape index (κ3) is 3.82. The van der Waals surface area contributed by atoms with E-state index in [1.165, 1.54) is 37.7 Å². The Morgan fingerprint density at radius 1 is 1.12 bits per heavy atom. The summed E-state index contributed by atoms with van der Waals surface area (Å²) in [4.78, 5) is 0. The van der Waals surface area contributed by atoms with Crippen LogP contribution in [-0.2, 0) is 11.3 Å². The number of benzene rings is 1. The molecule has 0 radical (unpaired) electrons. The minimum Gasteiger partial charge on any atom is -0.377 e. The van der Waals surface area contributed by atoms with Gasteiger partial charge < -0.3 is 4.74 Å². The van der Waals surface area contributed by atoms with Gasteiger partial charge in [0, 0.05) is 11.9 Å². The molecule has 0 saturated heterocycles. The Kier molecular flexibility index (Phi) is 5.05. The maximum absolute atomic E-state index is 5.79. The number of hydrogen-bond donors (Lipinski definition) is 0. The van der Waals surface area contributed by atoms with Crippen LogP contribution < -0.4 is 0 Å². The fourth-order valence-electron chi connectivity index (χ4n) is 2.63. The molecule has 0 N–H and O–H groups in total. The second-order valence-electron chi connectivity index (χ2n) is 5.13. The number of halogens is 1. The molecular formula is C15H21BrO. The van der Waals surface area contributed by atoms with E-state index in [9.17, 15) is 0 Å². The predicted molar refractivity (Wildman–Crippen MR) is 75.4 cm³/mol. The highest BCUT2D eigenvalue weighted by Gasteiger charge is 2.32. The first-order valence-corrected chi connectivity index (χ1v) is 7.64. The van der Waals surface area contributed by atoms with Gasteiger partial charge in [-0.25, -0.2) is 0 Å². The van der Waals surface area contributed by atoms with Gasteiger partial charge in [0.2, 0.25) is 0 Å². The molecule has 0 amide bonds. The largest absolute Gasteiger partial charge is 0.377 e. The minimum absolute atomic E-state index is 0.524. The third-order valence-electron chi connectivity index (χ3n) is 3.84. The summed E-state index contributed by atoms with van der Waals surface area (Å²) in [6, 6.07) is 10.4. The van der Waals surface area contributed by atoms with Crippen molar-refractivity contribution in [1.82, 2.24) is 0 Å². The summed E-state index contributed by atoms with van der Waals surface area (Å²) in [5, 5.41) is 1.13. The number of alkyl halides is 1. The highest BCUT2D eigenvalue weighted by molar-refractivity contribution is 9.09. The second kappa shape index (κ2) is 6.55. The molecule has 1 nitrogen and oxygen atoms in total. The predicted octanol–water partition coefficient (Wildman–Crippen LogP) is 4.55. The van der Waals surface area contributed by atoms with Crippen molar-refractivity contribution in [3.8, 4) is 0 Å². The first-order valence-electron chi connectivity index (χ1n) is 6.52. The van der Waals surface area contributed by atoms with E-state index in [4.69, 9.17) is 4.74 Å². The summed E-state index contributed by atoms with van der Waals surface area (Å²) in [5.41, 5.74) is 1.79. The molecular weight excluding hydrogens is 276 g/mol. The highest BCUT2D eigenvalue weighted by Crippen LogP contribution is 2.42. The summed E-state index contributed by atoms with van der Waals surface area (Å²) in [7, 11) is 0. The smallest absolute Gasteiger partial charge is 0.0716 e. The van der Waals surface area contributed by atoms with Gasteiger partial charge in [0.05, 0.1) is 6.61 Å². The molecule has 0 atom stereocenters. The molecule has 1 aromatic rings. The molecule has 1 fully saturated rings. The SMILES string of the molecule is BrCC1(CCOCc2ccccc2)CCCC1. The van der Waals surface area contributed by atoms with Gasteiger partial charge >= 0.3 is 0 Å². The molecule has 0 aromatic heterocycles. The first-order chi connectivity index (χ1) is 8.35. The van der Waals surface area contributed by atoms with E-state index in [0.717, 1.165) is 18.5 Å². The Hall–Kier alpha value is -0.340. The molecule has 0 bridgehead atoms. The third-order valence-corrected chi connectivity index (χ3v) is 5.03. The van der Waals surface area contributed by atoms with E-state index >= 15 is 0 Å². The molecule has 1 aromatic carbocycles. The zero-order valence-corrected chi connectivity index (χ0v) is 11.9. The van der Waals surface area contributed by atoms with Crippen LogP contribution in [0.15, 0.2) is 30.3 Å². The van der Waals surface area contributed by atoms with E-state index in [0.29, 0.717) is 5.41 Å². The molecule has 1 aliphatic rings. The lowest BCUT2D eigenvalue weighted by atomic mass is 9.85. The van der Waals surface area contributed by atoms with E-state index < -0.39 is 0 Å². The summed E-state index contributed by atoms with van der Waals surface area (Å²) >= 11 is 3.67. The Bertz CT molecular complexity index is 317. The molecule has 1 aliphatic carbocycles. The van der Waals surface area contributed by atoms with Crippen molar-refractivity contribution in [1.29, 1.82) is 0 Å². The van der Waals surface area contributed by atoms with Crippen LogP contribution in [0.3, 0.4) is 0 Å². The van der Waals surface area contributed by atoms with Crippen LogP contribution >= 0.6 is 15.9 Å². The molecule has 0 unspecified atom stereocenters. The highest BCUT2D eigenvalue weighted by atomic mass is 79.9. The molecule has 17 heavy (non-hydrogen) atoms. The van der Waals surface area contributed by atoms with Crippen LogP contribution in [0.4, 0.5) is 0 Å². The second-order valence-corrected chi connectivity index (χ2v) is 5.69. The van der Waals surface area contributed by atoms with E-state index in [-0.39, 0.29) is 0 Å². The average molecular weight is 297 g/mol. The molecule has 94 valence electrons. The molecule has 1 saturated carbocycles. The fourth-order valence-corrected chi connectivity index (χ4v) is 3.47. The Morgan fingerprint density at radius 3 is 2.47 bits per heavy atom. The van der Waals surface area contributed by atoms with Gasteiger partial charge in [-0.05, 0) is 30.2 Å². The van der Waals surface area contributed by atoms with E-state index in [1.807, 2.05) is 6.07 Å². The molecule has 0 aliphatic heterocycles. The van der Waals surface area contributed by atoms with Crippen LogP contribution in [0, 0.1) is 5.41 Å². The van der Waals surface area contributed by atoms with Crippen molar-refractivity contribution >= 4 is 15.9 Å². The summed E-state index contributed by atoms with van der Waals surface area (Å²) in [6.45, 7) is 1.64. The standard InChI is InChI=1S/C15H21BrO/c16-13-15(8-4-5-9-15)10-11-17-12-14-6-2-1-3-7-14/h1-3,6-7H,4-5,8-13H2. The zero-order valence-electron chi connectivity index (χ0n) is 10.3. The Labute approximate surface area is 113 Å². The molecule has 0 heterocycles. The lowest BCUT2D eigenvalue weighted by molar-refractivity contribution is 0.0906. The minimum atomic E-state index is 0.524. The van der Waals surface area contributed by atoms with Crippen molar-refractivity contribution in [3.63, 3.8) is 0 Å². The Balaban J connectivity index is 1.69. The van der Waals surface area contributed by atoms with E-state index in [2.05, 4.69) is 40.2 Å². The maximum Gasteiger partial charge on any atom is 0.0716 e. The normalized spacial score (nSPS) is 18.4. The number of rotatable bonds is 6. The van der Waals surface area contributed by atoms with Crippen LogP contribution in [0.2, 0.25) is 0 Å². The average Bonchev–Trinajstić information content (AvgIpc) is 2.85. The molecule has 2 heteroatoms. The first kappa shape index (κ1) is 13.1. The van der Waals surface area contributed by atoms with Crippen LogP contribution in [0.5, 0.6) is 0 Å². The lowest BCUT2D eigenvalue weighted by Crippen LogP contribution is -2.20. The quantitative estimate of drug-likeness (QED) is 0.553.